The van der Waals surface area contributed by atoms with Gasteiger partial charge in [-0.3, -0.25) is 0 Å². The molecule has 8 aromatic rings. The molecule has 0 fully saturated rings. The zero-order valence-electron chi connectivity index (χ0n) is 25.5. The van der Waals surface area contributed by atoms with Crippen LogP contribution < -0.4 is 0 Å². The van der Waals surface area contributed by atoms with E-state index in [4.69, 9.17) is 19.4 Å². The summed E-state index contributed by atoms with van der Waals surface area (Å²) in [5.74, 6) is 1.87. The summed E-state index contributed by atoms with van der Waals surface area (Å²) in [4.78, 5) is 15.0. The van der Waals surface area contributed by atoms with Crippen LogP contribution in [0.25, 0.3) is 78.4 Å². The molecule has 0 radical (unpaired) electrons. The van der Waals surface area contributed by atoms with Crippen LogP contribution in [0.2, 0.25) is 0 Å². The van der Waals surface area contributed by atoms with Crippen LogP contribution in [-0.2, 0) is 5.41 Å². The molecule has 46 heavy (non-hydrogen) atoms. The maximum atomic E-state index is 6.56. The number of fused-ring (bicyclic) bond motifs is 6. The van der Waals surface area contributed by atoms with Gasteiger partial charge in [-0.25, -0.2) is 15.0 Å². The van der Waals surface area contributed by atoms with E-state index in [0.29, 0.717) is 17.5 Å². The van der Waals surface area contributed by atoms with Gasteiger partial charge in [0.1, 0.15) is 11.2 Å². The van der Waals surface area contributed by atoms with Crippen molar-refractivity contribution in [3.05, 3.63) is 151 Å². The first-order valence-corrected chi connectivity index (χ1v) is 15.6. The highest BCUT2D eigenvalue weighted by Gasteiger charge is 2.36. The fraction of sp³-hybridized carbons (Fsp3) is 0.0714. The Kier molecular flexibility index (Phi) is 5.81. The van der Waals surface area contributed by atoms with Gasteiger partial charge >= 0.3 is 0 Å². The minimum Gasteiger partial charge on any atom is -0.456 e. The Morgan fingerprint density at radius 1 is 0.413 bits per heavy atom. The Hall–Kier alpha value is -5.87. The molecule has 4 nitrogen and oxygen atoms in total. The Balaban J connectivity index is 1.19. The minimum atomic E-state index is -0.0861. The van der Waals surface area contributed by atoms with Gasteiger partial charge in [-0.2, -0.15) is 0 Å². The van der Waals surface area contributed by atoms with Crippen molar-refractivity contribution >= 4 is 21.9 Å². The molecule has 0 saturated heterocycles. The largest absolute Gasteiger partial charge is 0.456 e. The monoisotopic (exact) mass is 591 g/mol. The summed E-state index contributed by atoms with van der Waals surface area (Å²) in [6.07, 6.45) is 0. The number of benzene rings is 6. The highest BCUT2D eigenvalue weighted by molar-refractivity contribution is 6.08. The third-order valence-electron chi connectivity index (χ3n) is 9.33. The van der Waals surface area contributed by atoms with Crippen molar-refractivity contribution in [2.45, 2.75) is 19.3 Å². The number of furan rings is 1. The molecule has 4 heteroatoms. The van der Waals surface area contributed by atoms with Crippen molar-refractivity contribution in [1.82, 2.24) is 15.0 Å². The third kappa shape index (κ3) is 4.18. The summed E-state index contributed by atoms with van der Waals surface area (Å²) in [5, 5.41) is 2.20. The SMILES string of the molecule is CC1(C)c2ccccc2-c2cc3c(cc21)oc1cc(-c2nc(-c4ccccc4)nc(-c4cccc(-c5ccccc5)c4)n2)ccc13. The molecule has 6 aromatic carbocycles. The van der Waals surface area contributed by atoms with Crippen LogP contribution >= 0.6 is 0 Å². The van der Waals surface area contributed by atoms with Gasteiger partial charge in [0, 0.05) is 32.9 Å². The molecule has 1 aliphatic carbocycles. The lowest BCUT2D eigenvalue weighted by Gasteiger charge is -2.21. The van der Waals surface area contributed by atoms with E-state index in [-0.39, 0.29) is 5.41 Å². The van der Waals surface area contributed by atoms with Gasteiger partial charge in [-0.05, 0) is 63.7 Å². The molecule has 0 atom stereocenters. The van der Waals surface area contributed by atoms with Crippen molar-refractivity contribution in [3.63, 3.8) is 0 Å². The first-order chi connectivity index (χ1) is 22.5. The van der Waals surface area contributed by atoms with Crippen molar-refractivity contribution in [3.8, 4) is 56.4 Å². The van der Waals surface area contributed by atoms with Gasteiger partial charge in [0.2, 0.25) is 0 Å². The predicted molar refractivity (Wildman–Crippen MR) is 186 cm³/mol. The average molecular weight is 592 g/mol. The summed E-state index contributed by atoms with van der Waals surface area (Å²) in [6, 6.07) is 48.4. The lowest BCUT2D eigenvalue weighted by Crippen LogP contribution is -2.14. The molecule has 0 N–H and O–H groups in total. The second-order valence-corrected chi connectivity index (χ2v) is 12.5. The number of rotatable bonds is 4. The predicted octanol–water partition coefficient (Wildman–Crippen LogP) is 10.7. The van der Waals surface area contributed by atoms with Crippen LogP contribution in [-0.4, -0.2) is 15.0 Å². The zero-order valence-corrected chi connectivity index (χ0v) is 25.5. The van der Waals surface area contributed by atoms with Crippen molar-refractivity contribution < 1.29 is 4.42 Å². The molecule has 0 spiro atoms. The van der Waals surface area contributed by atoms with Crippen LogP contribution in [0, 0.1) is 0 Å². The first kappa shape index (κ1) is 26.5. The van der Waals surface area contributed by atoms with E-state index in [1.807, 2.05) is 36.4 Å². The lowest BCUT2D eigenvalue weighted by atomic mass is 9.82. The maximum absolute atomic E-state index is 6.56. The highest BCUT2D eigenvalue weighted by Crippen LogP contribution is 2.50. The zero-order chi connectivity index (χ0) is 30.8. The van der Waals surface area contributed by atoms with E-state index in [0.717, 1.165) is 49.8 Å². The summed E-state index contributed by atoms with van der Waals surface area (Å²) >= 11 is 0. The van der Waals surface area contributed by atoms with Gasteiger partial charge in [0.15, 0.2) is 17.5 Å². The van der Waals surface area contributed by atoms with Gasteiger partial charge in [-0.1, -0.05) is 123 Å². The number of aromatic nitrogens is 3. The van der Waals surface area contributed by atoms with Crippen LogP contribution in [0.4, 0.5) is 0 Å². The van der Waals surface area contributed by atoms with E-state index in [2.05, 4.69) is 117 Å². The molecular weight excluding hydrogens is 562 g/mol. The number of nitrogens with zero attached hydrogens (tertiary/aromatic N) is 3. The minimum absolute atomic E-state index is 0.0861. The molecule has 0 amide bonds. The standard InChI is InChI=1S/C42H29N3O/c1-42(2)35-19-10-9-18-31(35)33-24-34-32-21-20-30(23-37(32)46-38(34)25-36(33)42)41-44-39(27-14-7-4-8-15-27)43-40(45-41)29-17-11-16-28(22-29)26-12-5-3-6-13-26/h3-25H,1-2H3. The Morgan fingerprint density at radius 2 is 1.00 bits per heavy atom. The summed E-state index contributed by atoms with van der Waals surface area (Å²) in [6.45, 7) is 4.59. The van der Waals surface area contributed by atoms with E-state index < -0.39 is 0 Å². The van der Waals surface area contributed by atoms with Crippen LogP contribution in [0.1, 0.15) is 25.0 Å². The molecule has 9 rings (SSSR count). The quantitative estimate of drug-likeness (QED) is 0.204. The van der Waals surface area contributed by atoms with Crippen LogP contribution in [0.3, 0.4) is 0 Å². The molecule has 0 unspecified atom stereocenters. The Morgan fingerprint density at radius 3 is 1.76 bits per heavy atom. The van der Waals surface area contributed by atoms with Gasteiger partial charge in [-0.15, -0.1) is 0 Å². The topological polar surface area (TPSA) is 51.8 Å². The summed E-state index contributed by atoms with van der Waals surface area (Å²) in [5.41, 5.74) is 11.9. The summed E-state index contributed by atoms with van der Waals surface area (Å²) < 4.78 is 6.56. The summed E-state index contributed by atoms with van der Waals surface area (Å²) in [7, 11) is 0. The fourth-order valence-corrected chi connectivity index (χ4v) is 6.93. The molecule has 1 aliphatic rings. The van der Waals surface area contributed by atoms with E-state index in [1.54, 1.807) is 0 Å². The normalized spacial score (nSPS) is 13.2. The van der Waals surface area contributed by atoms with Crippen molar-refractivity contribution in [2.75, 3.05) is 0 Å². The third-order valence-corrected chi connectivity index (χ3v) is 9.33. The van der Waals surface area contributed by atoms with Gasteiger partial charge < -0.3 is 4.42 Å². The smallest absolute Gasteiger partial charge is 0.164 e. The molecule has 2 aromatic heterocycles. The number of hydrogen-bond donors (Lipinski definition) is 0. The van der Waals surface area contributed by atoms with Gasteiger partial charge in [0.05, 0.1) is 0 Å². The molecular formula is C42H29N3O. The van der Waals surface area contributed by atoms with Gasteiger partial charge in [0.25, 0.3) is 0 Å². The Bertz CT molecular complexity index is 2440. The molecule has 0 saturated carbocycles. The number of hydrogen-bond acceptors (Lipinski definition) is 4. The van der Waals surface area contributed by atoms with E-state index in [1.165, 1.54) is 22.3 Å². The fourth-order valence-electron chi connectivity index (χ4n) is 6.93. The van der Waals surface area contributed by atoms with Crippen molar-refractivity contribution in [1.29, 1.82) is 0 Å². The average Bonchev–Trinajstić information content (AvgIpc) is 3.58. The molecule has 218 valence electrons. The second-order valence-electron chi connectivity index (χ2n) is 12.5. The molecule has 2 heterocycles. The van der Waals surface area contributed by atoms with Crippen molar-refractivity contribution in [2.24, 2.45) is 0 Å². The van der Waals surface area contributed by atoms with E-state index >= 15 is 0 Å². The first-order valence-electron chi connectivity index (χ1n) is 15.6. The lowest BCUT2D eigenvalue weighted by molar-refractivity contribution is 0.647. The second kappa shape index (κ2) is 10.1. The van der Waals surface area contributed by atoms with E-state index in [9.17, 15) is 0 Å². The molecule has 0 bridgehead atoms. The maximum Gasteiger partial charge on any atom is 0.164 e. The Labute approximate surface area is 267 Å². The molecule has 0 aliphatic heterocycles. The van der Waals surface area contributed by atoms with Crippen LogP contribution in [0.5, 0.6) is 0 Å². The van der Waals surface area contributed by atoms with Crippen LogP contribution in [0.15, 0.2) is 144 Å². The highest BCUT2D eigenvalue weighted by atomic mass is 16.3.